The first-order valence-electron chi connectivity index (χ1n) is 8.91. The molecule has 6 heteroatoms. The molecule has 0 aromatic heterocycles. The van der Waals surface area contributed by atoms with Crippen LogP contribution < -0.4 is 10.6 Å². The molecule has 138 valence electrons. The van der Waals surface area contributed by atoms with Crippen LogP contribution in [0.15, 0.2) is 30.3 Å². The van der Waals surface area contributed by atoms with E-state index in [0.29, 0.717) is 25.3 Å². The molecule has 0 bridgehead atoms. The van der Waals surface area contributed by atoms with Crippen LogP contribution in [0.4, 0.5) is 4.79 Å². The topological polar surface area (TPSA) is 87.7 Å². The molecule has 1 saturated carbocycles. The van der Waals surface area contributed by atoms with Gasteiger partial charge in [-0.25, -0.2) is 4.79 Å². The summed E-state index contributed by atoms with van der Waals surface area (Å²) in [5.41, 5.74) is 1.08. The summed E-state index contributed by atoms with van der Waals surface area (Å²) in [5.74, 6) is -0.503. The zero-order valence-corrected chi connectivity index (χ0v) is 14.7. The molecule has 1 aromatic carbocycles. The van der Waals surface area contributed by atoms with Gasteiger partial charge in [-0.1, -0.05) is 36.8 Å². The van der Waals surface area contributed by atoms with E-state index >= 15 is 0 Å². The smallest absolute Gasteiger partial charge is 0.315 e. The van der Waals surface area contributed by atoms with Gasteiger partial charge in [-0.05, 0) is 31.2 Å². The Kier molecular flexibility index (Phi) is 7.73. The number of aliphatic carboxylic acids is 1. The van der Waals surface area contributed by atoms with Crippen LogP contribution in [0.3, 0.4) is 0 Å². The summed E-state index contributed by atoms with van der Waals surface area (Å²) in [4.78, 5) is 23.1. The summed E-state index contributed by atoms with van der Waals surface area (Å²) < 4.78 is 5.44. The number of carbonyl (C=O) groups is 2. The highest BCUT2D eigenvalue weighted by Gasteiger charge is 2.27. The Morgan fingerprint density at radius 3 is 2.72 bits per heavy atom. The van der Waals surface area contributed by atoms with Crippen LogP contribution >= 0.6 is 0 Å². The van der Waals surface area contributed by atoms with Crippen molar-refractivity contribution >= 4 is 12.0 Å². The van der Waals surface area contributed by atoms with Crippen molar-refractivity contribution in [2.45, 2.75) is 50.7 Å². The fourth-order valence-corrected chi connectivity index (χ4v) is 3.43. The molecule has 25 heavy (non-hydrogen) atoms. The van der Waals surface area contributed by atoms with Crippen molar-refractivity contribution in [1.82, 2.24) is 10.6 Å². The summed E-state index contributed by atoms with van der Waals surface area (Å²) >= 11 is 0. The van der Waals surface area contributed by atoms with Crippen molar-refractivity contribution in [3.8, 4) is 0 Å². The van der Waals surface area contributed by atoms with Crippen molar-refractivity contribution in [2.24, 2.45) is 5.92 Å². The van der Waals surface area contributed by atoms with Crippen LogP contribution in [-0.2, 0) is 16.0 Å². The number of hydrogen-bond donors (Lipinski definition) is 3. The normalized spacial score (nSPS) is 20.8. The molecule has 1 fully saturated rings. The lowest BCUT2D eigenvalue weighted by Crippen LogP contribution is -2.45. The molecule has 2 rings (SSSR count). The average Bonchev–Trinajstić information content (AvgIpc) is 3.06. The zero-order chi connectivity index (χ0) is 18.1. The number of nitrogens with one attached hydrogen (secondary N) is 2. The van der Waals surface area contributed by atoms with Crippen LogP contribution in [0.5, 0.6) is 0 Å². The minimum Gasteiger partial charge on any atom is -0.481 e. The van der Waals surface area contributed by atoms with Crippen molar-refractivity contribution in [3.63, 3.8) is 0 Å². The van der Waals surface area contributed by atoms with Gasteiger partial charge in [0.1, 0.15) is 0 Å². The monoisotopic (exact) mass is 348 g/mol. The molecule has 3 unspecified atom stereocenters. The number of urea groups is 1. The Morgan fingerprint density at radius 2 is 2.04 bits per heavy atom. The van der Waals surface area contributed by atoms with E-state index in [9.17, 15) is 9.59 Å². The fourth-order valence-electron chi connectivity index (χ4n) is 3.43. The van der Waals surface area contributed by atoms with Crippen LogP contribution in [0.2, 0.25) is 0 Å². The van der Waals surface area contributed by atoms with E-state index in [-0.39, 0.29) is 24.6 Å². The van der Waals surface area contributed by atoms with Gasteiger partial charge in [0.25, 0.3) is 0 Å². The lowest BCUT2D eigenvalue weighted by molar-refractivity contribution is -0.137. The zero-order valence-electron chi connectivity index (χ0n) is 14.7. The van der Waals surface area contributed by atoms with Crippen LogP contribution in [0.25, 0.3) is 0 Å². The SMILES string of the molecule is COC1CCCC1CNC(=O)NC(CCC(=O)O)Cc1ccccc1. The van der Waals surface area contributed by atoms with E-state index in [1.165, 1.54) is 0 Å². The molecule has 6 nitrogen and oxygen atoms in total. The molecule has 0 saturated heterocycles. The standard InChI is InChI=1S/C19H28N2O4/c1-25-17-9-5-8-15(17)13-20-19(24)21-16(10-11-18(22)23)12-14-6-3-2-4-7-14/h2-4,6-7,15-17H,5,8-13H2,1H3,(H,22,23)(H2,20,21,24). The number of ether oxygens (including phenoxy) is 1. The lowest BCUT2D eigenvalue weighted by atomic mass is 10.0. The first kappa shape index (κ1) is 19.2. The second-order valence-electron chi connectivity index (χ2n) is 6.64. The average molecular weight is 348 g/mol. The van der Waals surface area contributed by atoms with Crippen molar-refractivity contribution in [3.05, 3.63) is 35.9 Å². The Labute approximate surface area is 149 Å². The predicted octanol–water partition coefficient (Wildman–Crippen LogP) is 2.58. The third-order valence-corrected chi connectivity index (χ3v) is 4.78. The number of methoxy groups -OCH3 is 1. The third-order valence-electron chi connectivity index (χ3n) is 4.78. The maximum atomic E-state index is 12.2. The predicted molar refractivity (Wildman–Crippen MR) is 95.5 cm³/mol. The van der Waals surface area contributed by atoms with E-state index in [1.807, 2.05) is 30.3 Å². The molecule has 3 atom stereocenters. The number of carbonyl (C=O) groups excluding carboxylic acids is 1. The van der Waals surface area contributed by atoms with Crippen LogP contribution in [0.1, 0.15) is 37.7 Å². The molecule has 0 radical (unpaired) electrons. The highest BCUT2D eigenvalue weighted by molar-refractivity contribution is 5.74. The first-order valence-corrected chi connectivity index (χ1v) is 8.91. The largest absolute Gasteiger partial charge is 0.481 e. The van der Waals surface area contributed by atoms with Gasteiger partial charge >= 0.3 is 12.0 Å². The van der Waals surface area contributed by atoms with Gasteiger partial charge in [0, 0.05) is 32.0 Å². The molecule has 1 aromatic rings. The van der Waals surface area contributed by atoms with Gasteiger partial charge in [-0.2, -0.15) is 0 Å². The molecule has 0 spiro atoms. The Balaban J connectivity index is 1.84. The van der Waals surface area contributed by atoms with Crippen LogP contribution in [0, 0.1) is 5.92 Å². The molecule has 3 N–H and O–H groups in total. The van der Waals surface area contributed by atoms with Gasteiger partial charge in [0.2, 0.25) is 0 Å². The van der Waals surface area contributed by atoms with Gasteiger partial charge in [-0.15, -0.1) is 0 Å². The molecule has 1 aliphatic carbocycles. The minimum atomic E-state index is -0.853. The first-order chi connectivity index (χ1) is 12.1. The summed E-state index contributed by atoms with van der Waals surface area (Å²) in [7, 11) is 1.71. The van der Waals surface area contributed by atoms with Crippen LogP contribution in [-0.4, -0.2) is 42.9 Å². The summed E-state index contributed by atoms with van der Waals surface area (Å²) in [6, 6.07) is 9.32. The quantitative estimate of drug-likeness (QED) is 0.640. The third kappa shape index (κ3) is 6.74. The van der Waals surface area contributed by atoms with Crippen molar-refractivity contribution in [1.29, 1.82) is 0 Å². The number of carboxylic acid groups (broad SMARTS) is 1. The van der Waals surface area contributed by atoms with E-state index in [0.717, 1.165) is 24.8 Å². The van der Waals surface area contributed by atoms with E-state index in [4.69, 9.17) is 9.84 Å². The molecule has 0 aliphatic heterocycles. The summed E-state index contributed by atoms with van der Waals surface area (Å²) in [6.45, 7) is 0.585. The molecule has 2 amide bonds. The van der Waals surface area contributed by atoms with Crippen molar-refractivity contribution in [2.75, 3.05) is 13.7 Å². The van der Waals surface area contributed by atoms with Gasteiger partial charge in [0.15, 0.2) is 0 Å². The number of carboxylic acids is 1. The number of amides is 2. The minimum absolute atomic E-state index is 0.0339. The molecule has 0 heterocycles. The van der Waals surface area contributed by atoms with E-state index in [2.05, 4.69) is 10.6 Å². The Hall–Kier alpha value is -2.08. The Bertz CT molecular complexity index is 550. The highest BCUT2D eigenvalue weighted by atomic mass is 16.5. The van der Waals surface area contributed by atoms with Gasteiger partial charge in [-0.3, -0.25) is 4.79 Å². The number of hydrogen-bond acceptors (Lipinski definition) is 3. The van der Waals surface area contributed by atoms with Gasteiger partial charge in [0.05, 0.1) is 6.10 Å². The lowest BCUT2D eigenvalue weighted by Gasteiger charge is -2.21. The Morgan fingerprint density at radius 1 is 1.28 bits per heavy atom. The second-order valence-corrected chi connectivity index (χ2v) is 6.64. The molecule has 1 aliphatic rings. The van der Waals surface area contributed by atoms with E-state index in [1.54, 1.807) is 7.11 Å². The summed E-state index contributed by atoms with van der Waals surface area (Å²) in [6.07, 6.45) is 4.50. The number of rotatable bonds is 9. The van der Waals surface area contributed by atoms with Crippen molar-refractivity contribution < 1.29 is 19.4 Å². The summed E-state index contributed by atoms with van der Waals surface area (Å²) in [5, 5.41) is 14.8. The highest BCUT2D eigenvalue weighted by Crippen LogP contribution is 2.27. The molecular formula is C19H28N2O4. The van der Waals surface area contributed by atoms with E-state index < -0.39 is 5.97 Å². The maximum Gasteiger partial charge on any atom is 0.315 e. The molecular weight excluding hydrogens is 320 g/mol. The maximum absolute atomic E-state index is 12.2. The number of benzene rings is 1. The fraction of sp³-hybridized carbons (Fsp3) is 0.579. The second kappa shape index (κ2) is 10.0. The van der Waals surface area contributed by atoms with Gasteiger partial charge < -0.3 is 20.5 Å².